The van der Waals surface area contributed by atoms with Crippen LogP contribution in [0.25, 0.3) is 6.08 Å². The zero-order valence-corrected chi connectivity index (χ0v) is 13.0. The molecule has 5 nitrogen and oxygen atoms in total. The standard InChI is InChI=1S/C16H14FNO4S/c1-11-2-4-12(5-3-11)8-9-23(21,22)18-15-7-6-13(17)10-14(15)16(19)20/h2-10,18H,1H3,(H,19,20)/b9-8-. The van der Waals surface area contributed by atoms with Crippen molar-refractivity contribution in [3.05, 3.63) is 70.4 Å². The molecule has 0 fully saturated rings. The normalized spacial score (nSPS) is 11.6. The van der Waals surface area contributed by atoms with Crippen LogP contribution in [0.2, 0.25) is 0 Å². The topological polar surface area (TPSA) is 83.5 Å². The second-order valence-corrected chi connectivity index (χ2v) is 6.42. The summed E-state index contributed by atoms with van der Waals surface area (Å²) in [6.45, 7) is 1.91. The number of hydrogen-bond acceptors (Lipinski definition) is 3. The fraction of sp³-hybridized carbons (Fsp3) is 0.0625. The number of hydrogen-bond donors (Lipinski definition) is 2. The van der Waals surface area contributed by atoms with Gasteiger partial charge in [0.1, 0.15) is 5.82 Å². The van der Waals surface area contributed by atoms with E-state index in [1.165, 1.54) is 6.08 Å². The van der Waals surface area contributed by atoms with Gasteiger partial charge in [-0.15, -0.1) is 0 Å². The van der Waals surface area contributed by atoms with Crippen LogP contribution in [0, 0.1) is 12.7 Å². The van der Waals surface area contributed by atoms with Crippen LogP contribution in [-0.4, -0.2) is 19.5 Å². The molecule has 0 aliphatic heterocycles. The first kappa shape index (κ1) is 16.7. The van der Waals surface area contributed by atoms with Crippen molar-refractivity contribution in [2.24, 2.45) is 0 Å². The van der Waals surface area contributed by atoms with Crippen molar-refractivity contribution in [1.82, 2.24) is 0 Å². The van der Waals surface area contributed by atoms with Gasteiger partial charge in [0, 0.05) is 0 Å². The smallest absolute Gasteiger partial charge is 0.337 e. The van der Waals surface area contributed by atoms with Gasteiger partial charge in [0.25, 0.3) is 10.0 Å². The van der Waals surface area contributed by atoms with Crippen LogP contribution in [-0.2, 0) is 10.0 Å². The molecule has 2 rings (SSSR count). The Bertz CT molecular complexity index is 858. The molecule has 2 aromatic carbocycles. The highest BCUT2D eigenvalue weighted by Gasteiger charge is 2.15. The van der Waals surface area contributed by atoms with Gasteiger partial charge < -0.3 is 5.11 Å². The van der Waals surface area contributed by atoms with E-state index in [2.05, 4.69) is 4.72 Å². The molecule has 0 radical (unpaired) electrons. The van der Waals surface area contributed by atoms with Gasteiger partial charge >= 0.3 is 5.97 Å². The summed E-state index contributed by atoms with van der Waals surface area (Å²) in [6.07, 6.45) is 1.38. The average Bonchev–Trinajstić information content (AvgIpc) is 2.48. The summed E-state index contributed by atoms with van der Waals surface area (Å²) in [5, 5.41) is 9.92. The van der Waals surface area contributed by atoms with E-state index in [-0.39, 0.29) is 5.69 Å². The van der Waals surface area contributed by atoms with Crippen LogP contribution < -0.4 is 4.72 Å². The zero-order chi connectivity index (χ0) is 17.0. The Morgan fingerprint density at radius 1 is 1.17 bits per heavy atom. The predicted octanol–water partition coefficient (Wildman–Crippen LogP) is 3.24. The summed E-state index contributed by atoms with van der Waals surface area (Å²) >= 11 is 0. The summed E-state index contributed by atoms with van der Waals surface area (Å²) in [4.78, 5) is 11.1. The summed E-state index contributed by atoms with van der Waals surface area (Å²) in [5.41, 5.74) is 1.06. The lowest BCUT2D eigenvalue weighted by Gasteiger charge is -2.08. The molecule has 2 aromatic rings. The molecule has 23 heavy (non-hydrogen) atoms. The Morgan fingerprint density at radius 3 is 2.43 bits per heavy atom. The van der Waals surface area contributed by atoms with Crippen LogP contribution in [0.3, 0.4) is 0 Å². The van der Waals surface area contributed by atoms with Crippen molar-refractivity contribution in [1.29, 1.82) is 0 Å². The lowest BCUT2D eigenvalue weighted by Crippen LogP contribution is -2.12. The van der Waals surface area contributed by atoms with Gasteiger partial charge in [-0.3, -0.25) is 4.72 Å². The third kappa shape index (κ3) is 4.65. The molecule has 120 valence electrons. The third-order valence-corrected chi connectivity index (χ3v) is 3.98. The van der Waals surface area contributed by atoms with Crippen LogP contribution >= 0.6 is 0 Å². The molecule has 2 N–H and O–H groups in total. The van der Waals surface area contributed by atoms with E-state index in [0.717, 1.165) is 29.2 Å². The summed E-state index contributed by atoms with van der Waals surface area (Å²) in [7, 11) is -3.93. The van der Waals surface area contributed by atoms with Crippen molar-refractivity contribution in [3.63, 3.8) is 0 Å². The summed E-state index contributed by atoms with van der Waals surface area (Å²) < 4.78 is 39.2. The maximum atomic E-state index is 13.1. The van der Waals surface area contributed by atoms with E-state index in [1.807, 2.05) is 19.1 Å². The number of aryl methyl sites for hydroxylation is 1. The molecule has 0 saturated heterocycles. The molecule has 0 spiro atoms. The SMILES string of the molecule is Cc1ccc(/C=C\S(=O)(=O)Nc2ccc(F)cc2C(=O)O)cc1. The summed E-state index contributed by atoms with van der Waals surface area (Å²) in [5.74, 6) is -2.19. The van der Waals surface area contributed by atoms with Crippen LogP contribution in [0.15, 0.2) is 47.9 Å². The van der Waals surface area contributed by atoms with Crippen LogP contribution in [0.4, 0.5) is 10.1 Å². The minimum atomic E-state index is -3.93. The van der Waals surface area contributed by atoms with E-state index < -0.39 is 27.4 Å². The molecule has 0 atom stereocenters. The predicted molar refractivity (Wildman–Crippen MR) is 86.1 cm³/mol. The molecule has 7 heteroatoms. The maximum Gasteiger partial charge on any atom is 0.337 e. The Balaban J connectivity index is 2.25. The van der Waals surface area contributed by atoms with Gasteiger partial charge in [0.15, 0.2) is 0 Å². The van der Waals surface area contributed by atoms with E-state index in [0.29, 0.717) is 5.56 Å². The van der Waals surface area contributed by atoms with Crippen molar-refractivity contribution >= 4 is 27.8 Å². The van der Waals surface area contributed by atoms with Crippen molar-refractivity contribution in [2.45, 2.75) is 6.92 Å². The largest absolute Gasteiger partial charge is 0.478 e. The molecule has 0 aliphatic carbocycles. The fourth-order valence-corrected chi connectivity index (χ4v) is 2.70. The number of nitrogens with one attached hydrogen (secondary N) is 1. The molecule has 0 unspecified atom stereocenters. The zero-order valence-electron chi connectivity index (χ0n) is 12.2. The number of carbonyl (C=O) groups is 1. The Kier molecular flexibility index (Phi) is 4.80. The van der Waals surface area contributed by atoms with Gasteiger partial charge in [-0.1, -0.05) is 29.8 Å². The van der Waals surface area contributed by atoms with E-state index >= 15 is 0 Å². The monoisotopic (exact) mass is 335 g/mol. The Hall–Kier alpha value is -2.67. The minimum Gasteiger partial charge on any atom is -0.478 e. The molecule has 0 amide bonds. The molecule has 0 saturated carbocycles. The Labute approximate surface area is 133 Å². The maximum absolute atomic E-state index is 13.1. The number of rotatable bonds is 5. The van der Waals surface area contributed by atoms with E-state index in [9.17, 15) is 17.6 Å². The molecular formula is C16H14FNO4S. The highest BCUT2D eigenvalue weighted by atomic mass is 32.2. The number of carboxylic acids is 1. The molecule has 0 bridgehead atoms. The van der Waals surface area contributed by atoms with Gasteiger partial charge in [0.05, 0.1) is 16.7 Å². The molecule has 0 aliphatic rings. The number of benzene rings is 2. The molecule has 0 aromatic heterocycles. The number of anilines is 1. The highest BCUT2D eigenvalue weighted by molar-refractivity contribution is 7.95. The second kappa shape index (κ2) is 6.62. The lowest BCUT2D eigenvalue weighted by atomic mass is 10.2. The van der Waals surface area contributed by atoms with Gasteiger partial charge in [-0.25, -0.2) is 17.6 Å². The van der Waals surface area contributed by atoms with Gasteiger partial charge in [0.2, 0.25) is 0 Å². The number of sulfonamides is 1. The van der Waals surface area contributed by atoms with E-state index in [4.69, 9.17) is 5.11 Å². The number of carboxylic acid groups (broad SMARTS) is 1. The van der Waals surface area contributed by atoms with Crippen molar-refractivity contribution in [2.75, 3.05) is 4.72 Å². The van der Waals surface area contributed by atoms with Crippen LogP contribution in [0.5, 0.6) is 0 Å². The second-order valence-electron chi connectivity index (χ2n) is 4.86. The van der Waals surface area contributed by atoms with E-state index in [1.54, 1.807) is 12.1 Å². The molecular weight excluding hydrogens is 321 g/mol. The summed E-state index contributed by atoms with van der Waals surface area (Å²) in [6, 6.07) is 9.97. The first-order valence-electron chi connectivity index (χ1n) is 6.57. The van der Waals surface area contributed by atoms with Crippen LogP contribution in [0.1, 0.15) is 21.5 Å². The highest BCUT2D eigenvalue weighted by Crippen LogP contribution is 2.19. The van der Waals surface area contributed by atoms with Gasteiger partial charge in [-0.2, -0.15) is 0 Å². The fourth-order valence-electron chi connectivity index (χ4n) is 1.82. The Morgan fingerprint density at radius 2 is 1.83 bits per heavy atom. The average molecular weight is 335 g/mol. The first-order chi connectivity index (χ1) is 10.8. The first-order valence-corrected chi connectivity index (χ1v) is 8.12. The third-order valence-electron chi connectivity index (χ3n) is 2.98. The quantitative estimate of drug-likeness (QED) is 0.878. The van der Waals surface area contributed by atoms with Crippen molar-refractivity contribution in [3.8, 4) is 0 Å². The number of halogens is 1. The van der Waals surface area contributed by atoms with Gasteiger partial charge in [-0.05, 0) is 36.8 Å². The number of aromatic carboxylic acids is 1. The van der Waals surface area contributed by atoms with Crippen molar-refractivity contribution < 1.29 is 22.7 Å². The molecule has 0 heterocycles. The lowest BCUT2D eigenvalue weighted by molar-refractivity contribution is 0.0697. The minimum absolute atomic E-state index is 0.201.